The van der Waals surface area contributed by atoms with Crippen LogP contribution in [0.5, 0.6) is 11.5 Å². The summed E-state index contributed by atoms with van der Waals surface area (Å²) in [7, 11) is 1.56. The van der Waals surface area contributed by atoms with E-state index >= 15 is 0 Å². The van der Waals surface area contributed by atoms with Crippen molar-refractivity contribution >= 4 is 23.4 Å². The highest BCUT2D eigenvalue weighted by molar-refractivity contribution is 6.18. The summed E-state index contributed by atoms with van der Waals surface area (Å²) in [6, 6.07) is 15.9. The SMILES string of the molecule is CCC(=O)CC(CCl)COc1ccc(C(C)(C)c2ccc(OCC(COC)OC(=O)CC)cc2)cc1. The molecule has 6 nitrogen and oxygen atoms in total. The van der Waals surface area contributed by atoms with Crippen LogP contribution in [-0.4, -0.2) is 50.7 Å². The van der Waals surface area contributed by atoms with E-state index in [1.807, 2.05) is 43.3 Å². The van der Waals surface area contributed by atoms with Crippen molar-refractivity contribution in [2.24, 2.45) is 5.92 Å². The highest BCUT2D eigenvalue weighted by Gasteiger charge is 2.23. The third-order valence-electron chi connectivity index (χ3n) is 6.14. The molecule has 0 amide bonds. The van der Waals surface area contributed by atoms with Crippen LogP contribution in [0.1, 0.15) is 58.1 Å². The second kappa shape index (κ2) is 14.9. The monoisotopic (exact) mass is 518 g/mol. The van der Waals surface area contributed by atoms with E-state index < -0.39 is 6.10 Å². The standard InChI is InChI=1S/C29H39ClO6/c1-6-24(31)16-21(17-30)18-34-25-12-8-22(9-13-25)29(3,4)23-10-14-26(15-11-23)35-20-27(19-33-5)36-28(32)7-2/h8-15,21,27H,6-7,16-20H2,1-5H3. The Hall–Kier alpha value is -2.57. The van der Waals surface area contributed by atoms with Gasteiger partial charge in [0, 0.05) is 43.6 Å². The van der Waals surface area contributed by atoms with Crippen LogP contribution in [0.2, 0.25) is 0 Å². The van der Waals surface area contributed by atoms with Crippen molar-refractivity contribution in [1.29, 1.82) is 0 Å². The molecule has 0 aromatic heterocycles. The Labute approximate surface area is 220 Å². The number of alkyl halides is 1. The zero-order chi connectivity index (χ0) is 26.6. The molecule has 0 bridgehead atoms. The molecular formula is C29H39ClO6. The summed E-state index contributed by atoms with van der Waals surface area (Å²) < 4.78 is 22.2. The lowest BCUT2D eigenvalue weighted by Crippen LogP contribution is -2.29. The summed E-state index contributed by atoms with van der Waals surface area (Å²) in [6.07, 6.45) is 0.825. The largest absolute Gasteiger partial charge is 0.493 e. The van der Waals surface area contributed by atoms with E-state index in [1.54, 1.807) is 14.0 Å². The van der Waals surface area contributed by atoms with Gasteiger partial charge in [0.05, 0.1) is 13.2 Å². The maximum atomic E-state index is 11.7. The predicted molar refractivity (Wildman–Crippen MR) is 142 cm³/mol. The second-order valence-corrected chi connectivity index (χ2v) is 9.64. The van der Waals surface area contributed by atoms with Crippen molar-refractivity contribution in [3.63, 3.8) is 0 Å². The molecule has 0 aliphatic carbocycles. The number of carbonyl (C=O) groups is 2. The summed E-state index contributed by atoms with van der Waals surface area (Å²) in [4.78, 5) is 23.3. The second-order valence-electron chi connectivity index (χ2n) is 9.33. The van der Waals surface area contributed by atoms with E-state index in [0.717, 1.165) is 16.9 Å². The number of hydrogen-bond acceptors (Lipinski definition) is 6. The van der Waals surface area contributed by atoms with Crippen molar-refractivity contribution < 1.29 is 28.5 Å². The molecule has 2 aromatic rings. The minimum atomic E-state index is -0.453. The lowest BCUT2D eigenvalue weighted by Gasteiger charge is -2.27. The maximum absolute atomic E-state index is 11.7. The number of methoxy groups -OCH3 is 1. The highest BCUT2D eigenvalue weighted by Crippen LogP contribution is 2.33. The first kappa shape index (κ1) is 29.7. The van der Waals surface area contributed by atoms with Gasteiger partial charge in [-0.2, -0.15) is 0 Å². The zero-order valence-corrected chi connectivity index (χ0v) is 22.8. The number of halogens is 1. The van der Waals surface area contributed by atoms with E-state index in [-0.39, 0.29) is 36.3 Å². The fraction of sp³-hybridized carbons (Fsp3) is 0.517. The third kappa shape index (κ3) is 9.14. The molecule has 0 aliphatic rings. The molecule has 0 radical (unpaired) electrons. The van der Waals surface area contributed by atoms with Gasteiger partial charge in [-0.05, 0) is 35.4 Å². The number of rotatable bonds is 16. The van der Waals surface area contributed by atoms with Crippen LogP contribution in [0.4, 0.5) is 0 Å². The summed E-state index contributed by atoms with van der Waals surface area (Å²) in [6.45, 7) is 8.86. The van der Waals surface area contributed by atoms with E-state index in [1.165, 1.54) is 0 Å². The molecule has 0 heterocycles. The van der Waals surface area contributed by atoms with Gasteiger partial charge in [0.25, 0.3) is 0 Å². The lowest BCUT2D eigenvalue weighted by atomic mass is 9.78. The Morgan fingerprint density at radius 1 is 0.833 bits per heavy atom. The van der Waals surface area contributed by atoms with Crippen LogP contribution in [0.15, 0.2) is 48.5 Å². The molecule has 36 heavy (non-hydrogen) atoms. The number of esters is 1. The molecule has 2 aromatic carbocycles. The third-order valence-corrected chi connectivity index (χ3v) is 6.58. The van der Waals surface area contributed by atoms with Gasteiger partial charge in [-0.15, -0.1) is 11.6 Å². The maximum Gasteiger partial charge on any atom is 0.305 e. The molecule has 2 atom stereocenters. The fourth-order valence-electron chi connectivity index (χ4n) is 3.70. The van der Waals surface area contributed by atoms with Crippen LogP contribution < -0.4 is 9.47 Å². The molecule has 0 spiro atoms. The molecule has 7 heteroatoms. The Balaban J connectivity index is 1.98. The van der Waals surface area contributed by atoms with Gasteiger partial charge in [0.2, 0.25) is 0 Å². The van der Waals surface area contributed by atoms with Crippen LogP contribution in [0.3, 0.4) is 0 Å². The Morgan fingerprint density at radius 3 is 1.81 bits per heavy atom. The predicted octanol–water partition coefficient (Wildman–Crippen LogP) is 5.96. The summed E-state index contributed by atoms with van der Waals surface area (Å²) in [5, 5.41) is 0. The molecule has 2 unspecified atom stereocenters. The number of benzene rings is 2. The van der Waals surface area contributed by atoms with Crippen molar-refractivity contribution in [3.05, 3.63) is 59.7 Å². The average molecular weight is 519 g/mol. The van der Waals surface area contributed by atoms with Gasteiger partial charge in [-0.3, -0.25) is 9.59 Å². The topological polar surface area (TPSA) is 71.1 Å². The first-order chi connectivity index (χ1) is 17.2. The molecule has 0 saturated heterocycles. The number of carbonyl (C=O) groups excluding carboxylic acids is 2. The molecule has 0 N–H and O–H groups in total. The molecular weight excluding hydrogens is 480 g/mol. The van der Waals surface area contributed by atoms with Crippen LogP contribution in [0, 0.1) is 5.92 Å². The van der Waals surface area contributed by atoms with Crippen LogP contribution >= 0.6 is 11.6 Å². The Bertz CT molecular complexity index is 939. The first-order valence-electron chi connectivity index (χ1n) is 12.5. The Morgan fingerprint density at radius 2 is 1.36 bits per heavy atom. The summed E-state index contributed by atoms with van der Waals surface area (Å²) >= 11 is 6.01. The van der Waals surface area contributed by atoms with Gasteiger partial charge < -0.3 is 18.9 Å². The van der Waals surface area contributed by atoms with Crippen molar-refractivity contribution in [3.8, 4) is 11.5 Å². The van der Waals surface area contributed by atoms with Gasteiger partial charge in [-0.25, -0.2) is 0 Å². The van der Waals surface area contributed by atoms with Crippen LogP contribution in [-0.2, 0) is 24.5 Å². The minimum absolute atomic E-state index is 0.0134. The molecule has 0 fully saturated rings. The minimum Gasteiger partial charge on any atom is -0.493 e. The molecule has 198 valence electrons. The number of ketones is 1. The molecule has 0 saturated carbocycles. The summed E-state index contributed by atoms with van der Waals surface area (Å²) in [5.74, 6) is 1.79. The van der Waals surface area contributed by atoms with Crippen molar-refractivity contribution in [2.75, 3.05) is 32.8 Å². The molecule has 2 rings (SSSR count). The van der Waals surface area contributed by atoms with Gasteiger partial charge in [-0.1, -0.05) is 52.0 Å². The average Bonchev–Trinajstić information content (AvgIpc) is 2.89. The van der Waals surface area contributed by atoms with Gasteiger partial charge in [0.15, 0.2) is 6.10 Å². The lowest BCUT2D eigenvalue weighted by molar-refractivity contribution is -0.153. The highest BCUT2D eigenvalue weighted by atomic mass is 35.5. The zero-order valence-electron chi connectivity index (χ0n) is 22.1. The Kier molecular flexibility index (Phi) is 12.2. The molecule has 0 aliphatic heterocycles. The first-order valence-corrected chi connectivity index (χ1v) is 13.0. The van der Waals surface area contributed by atoms with Gasteiger partial charge in [0.1, 0.15) is 23.9 Å². The number of ether oxygens (including phenoxy) is 4. The van der Waals surface area contributed by atoms with E-state index in [9.17, 15) is 9.59 Å². The van der Waals surface area contributed by atoms with E-state index in [2.05, 4.69) is 26.0 Å². The van der Waals surface area contributed by atoms with Crippen molar-refractivity contribution in [1.82, 2.24) is 0 Å². The van der Waals surface area contributed by atoms with Crippen molar-refractivity contribution in [2.45, 2.75) is 58.5 Å². The number of Topliss-reactive ketones (excluding diaryl/α,β-unsaturated/α-hetero) is 1. The summed E-state index contributed by atoms with van der Waals surface area (Å²) in [5.41, 5.74) is 2.04. The van der Waals surface area contributed by atoms with Crippen LogP contribution in [0.25, 0.3) is 0 Å². The van der Waals surface area contributed by atoms with E-state index in [4.69, 9.17) is 30.5 Å². The normalized spacial score (nSPS) is 13.1. The fourth-order valence-corrected chi connectivity index (χ4v) is 3.90. The van der Waals surface area contributed by atoms with E-state index in [0.29, 0.717) is 37.5 Å². The van der Waals surface area contributed by atoms with Gasteiger partial charge >= 0.3 is 5.97 Å². The quantitative estimate of drug-likeness (QED) is 0.201. The number of hydrogen-bond donors (Lipinski definition) is 0. The smallest absolute Gasteiger partial charge is 0.305 e.